The van der Waals surface area contributed by atoms with E-state index in [0.717, 1.165) is 4.88 Å². The summed E-state index contributed by atoms with van der Waals surface area (Å²) in [6.07, 6.45) is 0.294. The molecule has 0 bridgehead atoms. The average Bonchev–Trinajstić information content (AvgIpc) is 2.75. The monoisotopic (exact) mass is 223 g/mol. The van der Waals surface area contributed by atoms with Crippen LogP contribution < -0.4 is 0 Å². The van der Waals surface area contributed by atoms with E-state index in [4.69, 9.17) is 14.7 Å². The molecule has 1 aromatic heterocycles. The summed E-state index contributed by atoms with van der Waals surface area (Å²) in [5.74, 6) is -0.652. The molecule has 0 aromatic carbocycles. The van der Waals surface area contributed by atoms with Crippen molar-refractivity contribution in [3.05, 3.63) is 21.9 Å². The third-order valence-electron chi connectivity index (χ3n) is 2.44. The highest BCUT2D eigenvalue weighted by Gasteiger charge is 2.39. The van der Waals surface area contributed by atoms with Crippen LogP contribution in [0, 0.1) is 18.3 Å². The topological polar surface area (TPSA) is 42.2 Å². The van der Waals surface area contributed by atoms with Gasteiger partial charge in [0.25, 0.3) is 0 Å². The summed E-state index contributed by atoms with van der Waals surface area (Å²) < 4.78 is 11.4. The normalized spacial score (nSPS) is 30.3. The van der Waals surface area contributed by atoms with Crippen LogP contribution in [0.15, 0.2) is 12.1 Å². The molecule has 2 atom stereocenters. The lowest BCUT2D eigenvalue weighted by molar-refractivity contribution is -0.158. The Labute approximate surface area is 93.2 Å². The number of rotatable bonds is 2. The van der Waals surface area contributed by atoms with Crippen LogP contribution in [-0.4, -0.2) is 12.7 Å². The molecule has 1 aliphatic heterocycles. The average molecular weight is 223 g/mol. The number of hydrogen-bond donors (Lipinski definition) is 0. The molecule has 0 aliphatic carbocycles. The molecule has 0 amide bonds. The summed E-state index contributed by atoms with van der Waals surface area (Å²) in [6, 6.07) is 6.18. The van der Waals surface area contributed by atoms with Crippen molar-refractivity contribution >= 4 is 11.3 Å². The van der Waals surface area contributed by atoms with E-state index in [9.17, 15) is 0 Å². The largest absolute Gasteiger partial charge is 0.343 e. The molecule has 0 spiro atoms. The zero-order valence-corrected chi connectivity index (χ0v) is 9.63. The Hall–Kier alpha value is -0.890. The first kappa shape index (κ1) is 10.6. The minimum atomic E-state index is -0.652. The fourth-order valence-corrected chi connectivity index (χ4v) is 2.56. The fraction of sp³-hybridized carbons (Fsp3) is 0.545. The molecule has 80 valence electrons. The molecule has 2 unspecified atom stereocenters. The van der Waals surface area contributed by atoms with Crippen LogP contribution in [0.1, 0.15) is 23.1 Å². The smallest absolute Gasteiger partial charge is 0.201 e. The second kappa shape index (κ2) is 3.93. The second-order valence-corrected chi connectivity index (χ2v) is 5.06. The van der Waals surface area contributed by atoms with Crippen molar-refractivity contribution in [2.75, 3.05) is 6.61 Å². The number of hydrogen-bond acceptors (Lipinski definition) is 4. The molecule has 1 aliphatic rings. The minimum absolute atomic E-state index is 0.0950. The standard InChI is InChI=1S/C11H13NO2S/c1-8-3-4-10(15-8)11(2)13-7-9(14-11)5-6-12/h3-4,9H,5,7H2,1-2H3. The first-order chi connectivity index (χ1) is 7.14. The summed E-state index contributed by atoms with van der Waals surface area (Å²) in [5, 5.41) is 8.59. The van der Waals surface area contributed by atoms with Gasteiger partial charge in [-0.3, -0.25) is 0 Å². The highest BCUT2D eigenvalue weighted by atomic mass is 32.1. The molecular formula is C11H13NO2S. The van der Waals surface area contributed by atoms with E-state index in [-0.39, 0.29) is 6.10 Å². The fourth-order valence-electron chi connectivity index (χ4n) is 1.65. The maximum atomic E-state index is 8.59. The third kappa shape index (κ3) is 2.05. The zero-order valence-electron chi connectivity index (χ0n) is 8.82. The molecule has 3 nitrogen and oxygen atoms in total. The van der Waals surface area contributed by atoms with Crippen LogP contribution >= 0.6 is 11.3 Å². The van der Waals surface area contributed by atoms with Crippen molar-refractivity contribution in [2.24, 2.45) is 0 Å². The Morgan fingerprint density at radius 2 is 2.47 bits per heavy atom. The summed E-state index contributed by atoms with van der Waals surface area (Å²) in [5.41, 5.74) is 0. The van der Waals surface area contributed by atoms with E-state index in [0.29, 0.717) is 13.0 Å². The maximum Gasteiger partial charge on any atom is 0.201 e. The highest BCUT2D eigenvalue weighted by Crippen LogP contribution is 2.38. The van der Waals surface area contributed by atoms with E-state index in [1.807, 2.05) is 13.0 Å². The van der Waals surface area contributed by atoms with Crippen LogP contribution in [0.5, 0.6) is 0 Å². The number of nitriles is 1. The van der Waals surface area contributed by atoms with Crippen LogP contribution in [0.3, 0.4) is 0 Å². The molecule has 0 radical (unpaired) electrons. The lowest BCUT2D eigenvalue weighted by Crippen LogP contribution is -2.22. The molecular weight excluding hydrogens is 210 g/mol. The molecule has 0 N–H and O–H groups in total. The molecule has 2 heterocycles. The Balaban J connectivity index is 2.13. The van der Waals surface area contributed by atoms with Crippen molar-refractivity contribution in [3.63, 3.8) is 0 Å². The molecule has 1 fully saturated rings. The van der Waals surface area contributed by atoms with Gasteiger partial charge in [-0.25, -0.2) is 0 Å². The van der Waals surface area contributed by atoms with E-state index in [1.54, 1.807) is 11.3 Å². The van der Waals surface area contributed by atoms with Gasteiger partial charge in [0, 0.05) is 4.88 Å². The zero-order chi connectivity index (χ0) is 10.9. The minimum Gasteiger partial charge on any atom is -0.343 e. The Morgan fingerprint density at radius 3 is 3.07 bits per heavy atom. The summed E-state index contributed by atoms with van der Waals surface area (Å²) in [7, 11) is 0. The molecule has 0 saturated carbocycles. The second-order valence-electron chi connectivity index (χ2n) is 3.77. The van der Waals surface area contributed by atoms with E-state index in [2.05, 4.69) is 19.1 Å². The van der Waals surface area contributed by atoms with Gasteiger partial charge in [-0.1, -0.05) is 0 Å². The Bertz CT molecular complexity index is 396. The van der Waals surface area contributed by atoms with E-state index < -0.39 is 5.79 Å². The van der Waals surface area contributed by atoms with Gasteiger partial charge in [0.15, 0.2) is 0 Å². The number of ether oxygens (including phenoxy) is 2. The SMILES string of the molecule is Cc1ccc(C2(C)OCC(CC#N)O2)s1. The van der Waals surface area contributed by atoms with Crippen LogP contribution in [-0.2, 0) is 15.3 Å². The quantitative estimate of drug-likeness (QED) is 0.773. The lowest BCUT2D eigenvalue weighted by Gasteiger charge is -2.21. The molecule has 15 heavy (non-hydrogen) atoms. The van der Waals surface area contributed by atoms with Gasteiger partial charge >= 0.3 is 0 Å². The maximum absolute atomic E-state index is 8.59. The van der Waals surface area contributed by atoms with E-state index >= 15 is 0 Å². The van der Waals surface area contributed by atoms with Crippen LogP contribution in [0.2, 0.25) is 0 Å². The first-order valence-electron chi connectivity index (χ1n) is 4.90. The number of aryl methyl sites for hydroxylation is 1. The van der Waals surface area contributed by atoms with Gasteiger partial charge in [0.2, 0.25) is 5.79 Å². The molecule has 1 aromatic rings. The van der Waals surface area contributed by atoms with Gasteiger partial charge in [0.05, 0.1) is 30.1 Å². The number of nitrogens with zero attached hydrogens (tertiary/aromatic N) is 1. The molecule has 2 rings (SSSR count). The van der Waals surface area contributed by atoms with Gasteiger partial charge < -0.3 is 9.47 Å². The van der Waals surface area contributed by atoms with Gasteiger partial charge in [-0.2, -0.15) is 5.26 Å². The first-order valence-corrected chi connectivity index (χ1v) is 5.71. The predicted molar refractivity (Wildman–Crippen MR) is 57.5 cm³/mol. The summed E-state index contributed by atoms with van der Waals surface area (Å²) >= 11 is 1.67. The van der Waals surface area contributed by atoms with Gasteiger partial charge in [-0.15, -0.1) is 11.3 Å². The van der Waals surface area contributed by atoms with Gasteiger partial charge in [0.1, 0.15) is 0 Å². The lowest BCUT2D eigenvalue weighted by atomic mass is 10.2. The van der Waals surface area contributed by atoms with Crippen molar-refractivity contribution < 1.29 is 9.47 Å². The van der Waals surface area contributed by atoms with Crippen molar-refractivity contribution in [2.45, 2.75) is 32.2 Å². The van der Waals surface area contributed by atoms with Crippen molar-refractivity contribution in [1.82, 2.24) is 0 Å². The van der Waals surface area contributed by atoms with E-state index in [1.165, 1.54) is 4.88 Å². The van der Waals surface area contributed by atoms with Crippen molar-refractivity contribution in [3.8, 4) is 6.07 Å². The van der Waals surface area contributed by atoms with Crippen molar-refractivity contribution in [1.29, 1.82) is 5.26 Å². The van der Waals surface area contributed by atoms with Gasteiger partial charge in [-0.05, 0) is 26.0 Å². The third-order valence-corrected chi connectivity index (χ3v) is 3.63. The predicted octanol–water partition coefficient (Wildman–Crippen LogP) is 2.56. The summed E-state index contributed by atoms with van der Waals surface area (Å²) in [6.45, 7) is 4.47. The molecule has 4 heteroatoms. The molecule has 1 saturated heterocycles. The summed E-state index contributed by atoms with van der Waals surface area (Å²) in [4.78, 5) is 2.31. The number of thiophene rings is 1. The Kier molecular flexibility index (Phi) is 2.79. The van der Waals surface area contributed by atoms with Crippen LogP contribution in [0.25, 0.3) is 0 Å². The highest BCUT2D eigenvalue weighted by molar-refractivity contribution is 7.12. The van der Waals surface area contributed by atoms with Crippen LogP contribution in [0.4, 0.5) is 0 Å². The Morgan fingerprint density at radius 1 is 1.67 bits per heavy atom.